The highest BCUT2D eigenvalue weighted by Gasteiger charge is 2.48. The Labute approximate surface area is 143 Å². The summed E-state index contributed by atoms with van der Waals surface area (Å²) in [6.07, 6.45) is -8.64. The van der Waals surface area contributed by atoms with Crippen LogP contribution in [0.3, 0.4) is 0 Å². The highest BCUT2D eigenvalue weighted by molar-refractivity contribution is 7.89. The smallest absolute Gasteiger partial charge is 0.335 e. The van der Waals surface area contributed by atoms with E-state index in [0.29, 0.717) is 0 Å². The number of hydrogen-bond donors (Lipinski definition) is 4. The average Bonchev–Trinajstić information content (AvgIpc) is 2.55. The fraction of sp³-hybridized carbons (Fsp3) is 0.500. The number of sulfonamides is 1. The molecule has 1 aliphatic rings. The van der Waals surface area contributed by atoms with Gasteiger partial charge in [0.1, 0.15) is 24.1 Å². The molecule has 0 amide bonds. The van der Waals surface area contributed by atoms with E-state index in [1.165, 1.54) is 38.4 Å². The SMILES string of the molecule is CN(C)S(=O)(=O)c1ccc(O[C@@H]2O[C@H](C(=O)O)[C@@H](O)[C@H](O)[C@H]2O)cc1. The molecule has 10 nitrogen and oxygen atoms in total. The van der Waals surface area contributed by atoms with E-state index in [1.807, 2.05) is 0 Å². The lowest BCUT2D eigenvalue weighted by molar-refractivity contribution is -0.271. The fourth-order valence-electron chi connectivity index (χ4n) is 2.18. The molecule has 2 rings (SSSR count). The molecule has 1 aromatic rings. The number of benzene rings is 1. The van der Waals surface area contributed by atoms with Crippen LogP contribution in [0, 0.1) is 0 Å². The molecule has 0 spiro atoms. The first-order chi connectivity index (χ1) is 11.6. The fourth-order valence-corrected chi connectivity index (χ4v) is 3.09. The van der Waals surface area contributed by atoms with Crippen molar-refractivity contribution in [1.29, 1.82) is 0 Å². The molecule has 4 N–H and O–H groups in total. The van der Waals surface area contributed by atoms with Crippen molar-refractivity contribution in [2.45, 2.75) is 35.6 Å². The van der Waals surface area contributed by atoms with E-state index >= 15 is 0 Å². The minimum absolute atomic E-state index is 0.00818. The number of aliphatic carboxylic acids is 1. The van der Waals surface area contributed by atoms with Crippen LogP contribution in [0.25, 0.3) is 0 Å². The monoisotopic (exact) mass is 377 g/mol. The molecule has 140 valence electrons. The van der Waals surface area contributed by atoms with Gasteiger partial charge in [-0.25, -0.2) is 17.5 Å². The van der Waals surface area contributed by atoms with Crippen molar-refractivity contribution in [2.75, 3.05) is 14.1 Å². The van der Waals surface area contributed by atoms with Crippen molar-refractivity contribution in [1.82, 2.24) is 4.31 Å². The van der Waals surface area contributed by atoms with Gasteiger partial charge in [0.25, 0.3) is 0 Å². The summed E-state index contributed by atoms with van der Waals surface area (Å²) < 4.78 is 35.2. The molecule has 0 saturated carbocycles. The third-order valence-corrected chi connectivity index (χ3v) is 5.50. The summed E-state index contributed by atoms with van der Waals surface area (Å²) in [5, 5.41) is 38.2. The second kappa shape index (κ2) is 7.23. The maximum Gasteiger partial charge on any atom is 0.335 e. The highest BCUT2D eigenvalue weighted by atomic mass is 32.2. The molecule has 0 radical (unpaired) electrons. The first kappa shape index (κ1) is 19.6. The summed E-state index contributed by atoms with van der Waals surface area (Å²) in [5.74, 6) is -1.45. The number of carbonyl (C=O) groups is 1. The number of ether oxygens (including phenoxy) is 2. The molecule has 0 unspecified atom stereocenters. The number of carboxylic acids is 1. The third-order valence-electron chi connectivity index (χ3n) is 3.67. The van der Waals surface area contributed by atoms with E-state index in [9.17, 15) is 28.5 Å². The maximum atomic E-state index is 12.0. The van der Waals surface area contributed by atoms with Gasteiger partial charge in [0.15, 0.2) is 6.10 Å². The third kappa shape index (κ3) is 3.92. The van der Waals surface area contributed by atoms with Crippen molar-refractivity contribution < 1.29 is 43.1 Å². The van der Waals surface area contributed by atoms with Crippen LogP contribution in [0.1, 0.15) is 0 Å². The predicted molar refractivity (Wildman–Crippen MR) is 82.3 cm³/mol. The maximum absolute atomic E-state index is 12.0. The van der Waals surface area contributed by atoms with Crippen LogP contribution in [-0.2, 0) is 19.6 Å². The Balaban J connectivity index is 2.17. The summed E-state index contributed by atoms with van der Waals surface area (Å²) in [6, 6.07) is 5.11. The molecule has 1 fully saturated rings. The van der Waals surface area contributed by atoms with Gasteiger partial charge in [0.2, 0.25) is 16.3 Å². The molecule has 25 heavy (non-hydrogen) atoms. The van der Waals surface area contributed by atoms with Gasteiger partial charge < -0.3 is 29.9 Å². The second-order valence-corrected chi connectivity index (χ2v) is 7.76. The van der Waals surface area contributed by atoms with E-state index in [1.54, 1.807) is 0 Å². The van der Waals surface area contributed by atoms with Gasteiger partial charge in [-0.05, 0) is 24.3 Å². The lowest BCUT2D eigenvalue weighted by Crippen LogP contribution is -2.61. The molecule has 0 aliphatic carbocycles. The molecular weight excluding hydrogens is 358 g/mol. The molecule has 0 bridgehead atoms. The molecule has 1 heterocycles. The zero-order valence-electron chi connectivity index (χ0n) is 13.4. The van der Waals surface area contributed by atoms with E-state index in [0.717, 1.165) is 4.31 Å². The van der Waals surface area contributed by atoms with Crippen LogP contribution in [0.2, 0.25) is 0 Å². The van der Waals surface area contributed by atoms with Crippen LogP contribution >= 0.6 is 0 Å². The molecule has 1 aliphatic heterocycles. The van der Waals surface area contributed by atoms with Crippen LogP contribution in [0.5, 0.6) is 5.75 Å². The summed E-state index contributed by atoms with van der Waals surface area (Å²) in [7, 11) is -0.868. The number of nitrogens with zero attached hydrogens (tertiary/aromatic N) is 1. The standard InChI is InChI=1S/C14H19NO9S/c1-15(2)25(21,22)8-5-3-7(4-6-8)23-14-11(18)9(16)10(17)12(24-14)13(19)20/h3-6,9-12,14,16-18H,1-2H3,(H,19,20)/t9-,10-,11+,12-,14+/m0/s1. The van der Waals surface area contributed by atoms with Crippen LogP contribution < -0.4 is 4.74 Å². The molecular formula is C14H19NO9S. The van der Waals surface area contributed by atoms with Crippen molar-refractivity contribution in [3.05, 3.63) is 24.3 Å². The summed E-state index contributed by atoms with van der Waals surface area (Å²) in [5.41, 5.74) is 0. The number of rotatable bonds is 5. The van der Waals surface area contributed by atoms with Crippen molar-refractivity contribution >= 4 is 16.0 Å². The zero-order valence-corrected chi connectivity index (χ0v) is 14.2. The molecule has 0 aromatic heterocycles. The van der Waals surface area contributed by atoms with E-state index in [2.05, 4.69) is 0 Å². The van der Waals surface area contributed by atoms with E-state index in [4.69, 9.17) is 14.6 Å². The Morgan fingerprint density at radius 2 is 1.64 bits per heavy atom. The van der Waals surface area contributed by atoms with Gasteiger partial charge in [-0.3, -0.25) is 0 Å². The Bertz CT molecular complexity index is 718. The van der Waals surface area contributed by atoms with E-state index < -0.39 is 46.7 Å². The van der Waals surface area contributed by atoms with Crippen LogP contribution in [0.4, 0.5) is 0 Å². The predicted octanol–water partition coefficient (Wildman–Crippen LogP) is -1.79. The minimum atomic E-state index is -3.63. The second-order valence-electron chi connectivity index (χ2n) is 5.61. The van der Waals surface area contributed by atoms with Crippen LogP contribution in [-0.4, -0.2) is 83.9 Å². The molecule has 1 saturated heterocycles. The lowest BCUT2D eigenvalue weighted by Gasteiger charge is -2.38. The minimum Gasteiger partial charge on any atom is -0.479 e. The van der Waals surface area contributed by atoms with Gasteiger partial charge in [0.05, 0.1) is 4.90 Å². The number of aliphatic hydroxyl groups excluding tert-OH is 3. The first-order valence-electron chi connectivity index (χ1n) is 7.17. The number of carboxylic acid groups (broad SMARTS) is 1. The van der Waals surface area contributed by atoms with Gasteiger partial charge in [-0.15, -0.1) is 0 Å². The van der Waals surface area contributed by atoms with Crippen molar-refractivity contribution in [2.24, 2.45) is 0 Å². The molecule has 1 aromatic carbocycles. The number of hydrogen-bond acceptors (Lipinski definition) is 8. The normalized spacial score (nSPS) is 30.2. The number of aliphatic hydroxyl groups is 3. The summed E-state index contributed by atoms with van der Waals surface area (Å²) in [4.78, 5) is 11.0. The Kier molecular flexibility index (Phi) is 5.66. The van der Waals surface area contributed by atoms with Gasteiger partial charge in [-0.2, -0.15) is 0 Å². The largest absolute Gasteiger partial charge is 0.479 e. The molecule has 5 atom stereocenters. The van der Waals surface area contributed by atoms with Crippen molar-refractivity contribution in [3.8, 4) is 5.75 Å². The van der Waals surface area contributed by atoms with Gasteiger partial charge in [-0.1, -0.05) is 0 Å². The zero-order chi connectivity index (χ0) is 18.9. The Morgan fingerprint density at radius 3 is 2.12 bits per heavy atom. The summed E-state index contributed by atoms with van der Waals surface area (Å²) >= 11 is 0. The van der Waals surface area contributed by atoms with Gasteiger partial charge >= 0.3 is 5.97 Å². The first-order valence-corrected chi connectivity index (χ1v) is 8.61. The highest BCUT2D eigenvalue weighted by Crippen LogP contribution is 2.25. The topological polar surface area (TPSA) is 154 Å². The molecule has 11 heteroatoms. The summed E-state index contributed by atoms with van der Waals surface area (Å²) in [6.45, 7) is 0. The Hall–Kier alpha value is -1.76. The van der Waals surface area contributed by atoms with Gasteiger partial charge in [0, 0.05) is 14.1 Å². The van der Waals surface area contributed by atoms with Crippen LogP contribution in [0.15, 0.2) is 29.2 Å². The van der Waals surface area contributed by atoms with E-state index in [-0.39, 0.29) is 10.6 Å². The quantitative estimate of drug-likeness (QED) is 0.466. The van der Waals surface area contributed by atoms with Crippen molar-refractivity contribution in [3.63, 3.8) is 0 Å². The lowest BCUT2D eigenvalue weighted by atomic mass is 9.99. The average molecular weight is 377 g/mol. The Morgan fingerprint density at radius 1 is 1.08 bits per heavy atom.